The van der Waals surface area contributed by atoms with Crippen LogP contribution in [0.3, 0.4) is 0 Å². The van der Waals surface area contributed by atoms with E-state index in [4.69, 9.17) is 4.74 Å². The van der Waals surface area contributed by atoms with Crippen LogP contribution in [-0.4, -0.2) is 45.3 Å². The highest BCUT2D eigenvalue weighted by Crippen LogP contribution is 2.26. The predicted octanol–water partition coefficient (Wildman–Crippen LogP) is 2.72. The van der Waals surface area contributed by atoms with Gasteiger partial charge >= 0.3 is 0 Å². The van der Waals surface area contributed by atoms with Crippen molar-refractivity contribution < 1.29 is 9.53 Å². The summed E-state index contributed by atoms with van der Waals surface area (Å²) in [5, 5.41) is 2.92. The van der Waals surface area contributed by atoms with E-state index in [0.29, 0.717) is 12.2 Å². The number of aromatic nitrogens is 2. The highest BCUT2D eigenvalue weighted by Gasteiger charge is 2.22. The molecule has 6 nitrogen and oxygen atoms in total. The van der Waals surface area contributed by atoms with Gasteiger partial charge in [0.15, 0.2) is 5.69 Å². The highest BCUT2D eigenvalue weighted by atomic mass is 32.1. The molecule has 1 aromatic heterocycles. The molecule has 0 spiro atoms. The Morgan fingerprint density at radius 1 is 1.44 bits per heavy atom. The number of hydrogen-bond acceptors (Lipinski definition) is 6. The lowest BCUT2D eigenvalue weighted by atomic mass is 10.1. The Morgan fingerprint density at radius 2 is 2.32 bits per heavy atom. The van der Waals surface area contributed by atoms with E-state index in [1.54, 1.807) is 0 Å². The van der Waals surface area contributed by atoms with E-state index in [1.807, 2.05) is 12.1 Å². The molecule has 0 bridgehead atoms. The molecule has 1 aliphatic heterocycles. The van der Waals surface area contributed by atoms with Gasteiger partial charge in [-0.05, 0) is 18.9 Å². The zero-order valence-corrected chi connectivity index (χ0v) is 15.3. The molecule has 134 valence electrons. The van der Waals surface area contributed by atoms with Crippen molar-refractivity contribution in [2.45, 2.75) is 38.8 Å². The minimum Gasteiger partial charge on any atom is -0.489 e. The van der Waals surface area contributed by atoms with Crippen LogP contribution in [0.15, 0.2) is 30.5 Å². The van der Waals surface area contributed by atoms with Gasteiger partial charge in [0.25, 0.3) is 5.91 Å². The van der Waals surface area contributed by atoms with E-state index >= 15 is 0 Å². The quantitative estimate of drug-likeness (QED) is 0.822. The monoisotopic (exact) mass is 360 g/mol. The van der Waals surface area contributed by atoms with Crippen molar-refractivity contribution in [3.05, 3.63) is 41.7 Å². The summed E-state index contributed by atoms with van der Waals surface area (Å²) in [6.45, 7) is 5.28. The van der Waals surface area contributed by atoms with E-state index in [-0.39, 0.29) is 12.0 Å². The number of benzene rings is 1. The molecule has 0 fully saturated rings. The second-order valence-corrected chi connectivity index (χ2v) is 6.83. The topological polar surface area (TPSA) is 67.4 Å². The summed E-state index contributed by atoms with van der Waals surface area (Å²) in [6.07, 6.45) is 5.07. The minimum atomic E-state index is -0.164. The molecule has 3 rings (SSSR count). The third kappa shape index (κ3) is 4.99. The molecule has 0 aliphatic carbocycles. The zero-order valence-electron chi connectivity index (χ0n) is 14.5. The number of rotatable bonds is 7. The maximum absolute atomic E-state index is 12.0. The number of ether oxygens (including phenoxy) is 1. The van der Waals surface area contributed by atoms with Gasteiger partial charge in [0.05, 0.1) is 17.9 Å². The van der Waals surface area contributed by atoms with Crippen LogP contribution >= 0.6 is 11.7 Å². The van der Waals surface area contributed by atoms with Crippen molar-refractivity contribution >= 4 is 17.6 Å². The standard InChI is InChI=1S/C18H24N4O2S/c1-2-3-7-15-13-22(12-14-6-4-5-8-17(14)24-15)10-9-19-18(23)16-11-20-25-21-16/h4-6,8,11,15H,2-3,7,9-10,12-13H2,1H3,(H,19,23). The second kappa shape index (κ2) is 8.92. The molecule has 1 unspecified atom stereocenters. The van der Waals surface area contributed by atoms with Gasteiger partial charge in [0, 0.05) is 31.7 Å². The van der Waals surface area contributed by atoms with Crippen LogP contribution in [0.1, 0.15) is 42.2 Å². The molecule has 0 radical (unpaired) electrons. The number of para-hydroxylation sites is 1. The Balaban J connectivity index is 1.58. The van der Waals surface area contributed by atoms with E-state index in [2.05, 4.69) is 38.0 Å². The minimum absolute atomic E-state index is 0.164. The first-order valence-corrected chi connectivity index (χ1v) is 9.52. The number of carbonyl (C=O) groups excluding carboxylic acids is 1. The van der Waals surface area contributed by atoms with Crippen molar-refractivity contribution in [3.63, 3.8) is 0 Å². The van der Waals surface area contributed by atoms with Gasteiger partial charge in [-0.25, -0.2) is 0 Å². The Bertz CT molecular complexity index is 677. The van der Waals surface area contributed by atoms with Gasteiger partial charge in [-0.2, -0.15) is 8.75 Å². The summed E-state index contributed by atoms with van der Waals surface area (Å²) < 4.78 is 14.0. The third-order valence-electron chi connectivity index (χ3n) is 4.31. The average molecular weight is 360 g/mol. The lowest BCUT2D eigenvalue weighted by Gasteiger charge is -2.23. The summed E-state index contributed by atoms with van der Waals surface area (Å²) in [5.74, 6) is 0.825. The summed E-state index contributed by atoms with van der Waals surface area (Å²) in [4.78, 5) is 14.3. The SMILES string of the molecule is CCCCC1CN(CCNC(=O)c2cnsn2)Cc2ccccc2O1. The molecule has 0 saturated heterocycles. The van der Waals surface area contributed by atoms with E-state index in [0.717, 1.165) is 50.0 Å². The Hall–Kier alpha value is -1.99. The van der Waals surface area contributed by atoms with Gasteiger partial charge in [-0.1, -0.05) is 31.5 Å². The molecule has 1 atom stereocenters. The van der Waals surface area contributed by atoms with Crippen molar-refractivity contribution in [3.8, 4) is 5.75 Å². The first-order chi connectivity index (χ1) is 12.3. The second-order valence-electron chi connectivity index (χ2n) is 6.27. The Kier molecular flexibility index (Phi) is 6.36. The fraction of sp³-hybridized carbons (Fsp3) is 0.500. The van der Waals surface area contributed by atoms with Crippen LogP contribution in [-0.2, 0) is 6.54 Å². The van der Waals surface area contributed by atoms with E-state index in [1.165, 1.54) is 18.2 Å². The Labute approximate surface area is 152 Å². The molecular weight excluding hydrogens is 336 g/mol. The first kappa shape index (κ1) is 17.8. The van der Waals surface area contributed by atoms with Crippen LogP contribution in [0, 0.1) is 0 Å². The van der Waals surface area contributed by atoms with E-state index < -0.39 is 0 Å². The van der Waals surface area contributed by atoms with Crippen molar-refractivity contribution in [2.24, 2.45) is 0 Å². The predicted molar refractivity (Wildman–Crippen MR) is 97.9 cm³/mol. The van der Waals surface area contributed by atoms with Crippen molar-refractivity contribution in [1.82, 2.24) is 19.0 Å². The molecular formula is C18H24N4O2S. The smallest absolute Gasteiger partial charge is 0.272 e. The zero-order chi connectivity index (χ0) is 17.5. The van der Waals surface area contributed by atoms with Gasteiger partial charge in [-0.15, -0.1) is 0 Å². The summed E-state index contributed by atoms with van der Waals surface area (Å²) >= 11 is 1.04. The number of carbonyl (C=O) groups is 1. The summed E-state index contributed by atoms with van der Waals surface area (Å²) in [5.41, 5.74) is 1.59. The third-order valence-corrected chi connectivity index (χ3v) is 4.79. The molecule has 2 heterocycles. The fourth-order valence-electron chi connectivity index (χ4n) is 2.99. The van der Waals surface area contributed by atoms with E-state index in [9.17, 15) is 4.79 Å². The number of unbranched alkanes of at least 4 members (excludes halogenated alkanes) is 1. The highest BCUT2D eigenvalue weighted by molar-refractivity contribution is 6.99. The largest absolute Gasteiger partial charge is 0.489 e. The van der Waals surface area contributed by atoms with Crippen LogP contribution in [0.5, 0.6) is 5.75 Å². The molecule has 7 heteroatoms. The van der Waals surface area contributed by atoms with Gasteiger partial charge in [-0.3, -0.25) is 9.69 Å². The van der Waals surface area contributed by atoms with Gasteiger partial charge < -0.3 is 10.1 Å². The molecule has 1 amide bonds. The summed E-state index contributed by atoms with van der Waals surface area (Å²) in [7, 11) is 0. The maximum Gasteiger partial charge on any atom is 0.272 e. The Morgan fingerprint density at radius 3 is 3.12 bits per heavy atom. The van der Waals surface area contributed by atoms with Gasteiger partial charge in [0.1, 0.15) is 11.9 Å². The van der Waals surface area contributed by atoms with Gasteiger partial charge in [0.2, 0.25) is 0 Å². The van der Waals surface area contributed by atoms with Crippen LogP contribution < -0.4 is 10.1 Å². The van der Waals surface area contributed by atoms with Crippen LogP contribution in [0.2, 0.25) is 0 Å². The lowest BCUT2D eigenvalue weighted by Crippen LogP contribution is -2.38. The number of nitrogens with one attached hydrogen (secondary N) is 1. The molecule has 1 N–H and O–H groups in total. The number of hydrogen-bond donors (Lipinski definition) is 1. The van der Waals surface area contributed by atoms with Crippen molar-refractivity contribution in [1.29, 1.82) is 0 Å². The molecule has 2 aromatic rings. The normalized spacial score (nSPS) is 17.4. The lowest BCUT2D eigenvalue weighted by molar-refractivity contribution is 0.0938. The summed E-state index contributed by atoms with van der Waals surface area (Å²) in [6, 6.07) is 8.23. The van der Waals surface area contributed by atoms with Crippen molar-refractivity contribution in [2.75, 3.05) is 19.6 Å². The average Bonchev–Trinajstić information content (AvgIpc) is 3.09. The number of fused-ring (bicyclic) bond motifs is 1. The first-order valence-electron chi connectivity index (χ1n) is 8.79. The molecule has 1 aliphatic rings. The molecule has 1 aromatic carbocycles. The van der Waals surface area contributed by atoms with Crippen LogP contribution in [0.25, 0.3) is 0 Å². The fourth-order valence-corrected chi connectivity index (χ4v) is 3.41. The number of amides is 1. The van der Waals surface area contributed by atoms with Crippen LogP contribution in [0.4, 0.5) is 0 Å². The molecule has 0 saturated carbocycles. The number of nitrogens with zero attached hydrogens (tertiary/aromatic N) is 3. The maximum atomic E-state index is 12.0. The molecule has 25 heavy (non-hydrogen) atoms.